The number of nitrogens with zero attached hydrogens (tertiary/aromatic N) is 3. The van der Waals surface area contributed by atoms with Gasteiger partial charge in [-0.25, -0.2) is 9.97 Å². The lowest BCUT2D eigenvalue weighted by Gasteiger charge is -2.27. The van der Waals surface area contributed by atoms with Crippen molar-refractivity contribution in [2.24, 2.45) is 0 Å². The number of methoxy groups -OCH3 is 1. The molecule has 0 bridgehead atoms. The second kappa shape index (κ2) is 9.43. The van der Waals surface area contributed by atoms with Crippen molar-refractivity contribution in [2.45, 2.75) is 30.8 Å². The molecule has 0 radical (unpaired) electrons. The van der Waals surface area contributed by atoms with E-state index in [4.69, 9.17) is 4.74 Å². The van der Waals surface area contributed by atoms with Crippen molar-refractivity contribution in [1.82, 2.24) is 15.3 Å². The van der Waals surface area contributed by atoms with Gasteiger partial charge >= 0.3 is 0 Å². The molecule has 2 aromatic rings. The standard InChI is InChI=1S/C19H24N4O2S/c1-25-16-7-5-15(6-8-16)12-20-18(24)13-26-19-11-17(21-14-22-19)23-9-3-2-4-10-23/h5-8,11,14H,2-4,9-10,12-13H2,1H3,(H,20,24). The Balaban J connectivity index is 1.46. The number of hydrogen-bond donors (Lipinski definition) is 1. The number of anilines is 1. The zero-order chi connectivity index (χ0) is 18.2. The molecule has 0 unspecified atom stereocenters. The van der Waals surface area contributed by atoms with E-state index in [1.165, 1.54) is 31.0 Å². The van der Waals surface area contributed by atoms with E-state index in [2.05, 4.69) is 20.2 Å². The third-order valence-electron chi connectivity index (χ3n) is 4.31. The van der Waals surface area contributed by atoms with Crippen LogP contribution in [0.5, 0.6) is 5.75 Å². The molecule has 7 heteroatoms. The van der Waals surface area contributed by atoms with Crippen molar-refractivity contribution in [3.63, 3.8) is 0 Å². The maximum atomic E-state index is 12.1. The number of nitrogens with one attached hydrogen (secondary N) is 1. The average Bonchev–Trinajstić information content (AvgIpc) is 2.72. The van der Waals surface area contributed by atoms with Gasteiger partial charge in [0, 0.05) is 25.7 Å². The van der Waals surface area contributed by atoms with Crippen LogP contribution in [0.4, 0.5) is 5.82 Å². The molecule has 1 amide bonds. The monoisotopic (exact) mass is 372 g/mol. The molecule has 0 aliphatic carbocycles. The summed E-state index contributed by atoms with van der Waals surface area (Å²) < 4.78 is 5.13. The average molecular weight is 372 g/mol. The molecule has 0 atom stereocenters. The molecule has 1 N–H and O–H groups in total. The minimum atomic E-state index is -0.0102. The largest absolute Gasteiger partial charge is 0.497 e. The van der Waals surface area contributed by atoms with Gasteiger partial charge in [-0.3, -0.25) is 4.79 Å². The molecular weight excluding hydrogens is 348 g/mol. The Labute approximate surface area is 158 Å². The summed E-state index contributed by atoms with van der Waals surface area (Å²) >= 11 is 1.44. The van der Waals surface area contributed by atoms with Gasteiger partial charge in [-0.05, 0) is 37.0 Å². The molecule has 1 aromatic heterocycles. The van der Waals surface area contributed by atoms with Crippen molar-refractivity contribution in [3.05, 3.63) is 42.2 Å². The van der Waals surface area contributed by atoms with Crippen molar-refractivity contribution < 1.29 is 9.53 Å². The predicted octanol–water partition coefficient (Wildman–Crippen LogP) is 2.88. The van der Waals surface area contributed by atoms with Crippen molar-refractivity contribution in [3.8, 4) is 5.75 Å². The Morgan fingerprint density at radius 3 is 2.69 bits per heavy atom. The first-order valence-electron chi connectivity index (χ1n) is 8.84. The van der Waals surface area contributed by atoms with Gasteiger partial charge in [-0.15, -0.1) is 0 Å². The van der Waals surface area contributed by atoms with Gasteiger partial charge in [-0.1, -0.05) is 23.9 Å². The van der Waals surface area contributed by atoms with Crippen LogP contribution >= 0.6 is 11.8 Å². The maximum absolute atomic E-state index is 12.1. The van der Waals surface area contributed by atoms with Crippen LogP contribution in [0.25, 0.3) is 0 Å². The molecule has 2 heterocycles. The number of benzene rings is 1. The van der Waals surface area contributed by atoms with Crippen molar-refractivity contribution >= 4 is 23.5 Å². The molecule has 0 spiro atoms. The summed E-state index contributed by atoms with van der Waals surface area (Å²) in [5.41, 5.74) is 1.04. The van der Waals surface area contributed by atoms with E-state index in [1.807, 2.05) is 30.3 Å². The number of thioether (sulfide) groups is 1. The van der Waals surface area contributed by atoms with Gasteiger partial charge in [0.2, 0.25) is 5.91 Å². The van der Waals surface area contributed by atoms with Gasteiger partial charge in [0.1, 0.15) is 22.9 Å². The van der Waals surface area contributed by atoms with Crippen LogP contribution in [0.1, 0.15) is 24.8 Å². The van der Waals surface area contributed by atoms with Gasteiger partial charge in [0.05, 0.1) is 12.9 Å². The van der Waals surface area contributed by atoms with E-state index in [1.54, 1.807) is 13.4 Å². The Hall–Kier alpha value is -2.28. The van der Waals surface area contributed by atoms with E-state index in [9.17, 15) is 4.79 Å². The second-order valence-corrected chi connectivity index (χ2v) is 7.17. The molecular formula is C19H24N4O2S. The predicted molar refractivity (Wildman–Crippen MR) is 104 cm³/mol. The van der Waals surface area contributed by atoms with Gasteiger partial charge in [0.25, 0.3) is 0 Å². The third-order valence-corrected chi connectivity index (χ3v) is 5.23. The highest BCUT2D eigenvalue weighted by Crippen LogP contribution is 2.22. The zero-order valence-electron chi connectivity index (χ0n) is 15.0. The van der Waals surface area contributed by atoms with Gasteiger partial charge in [0.15, 0.2) is 0 Å². The number of hydrogen-bond acceptors (Lipinski definition) is 6. The fraction of sp³-hybridized carbons (Fsp3) is 0.421. The summed E-state index contributed by atoms with van der Waals surface area (Å²) in [4.78, 5) is 23.0. The number of amides is 1. The minimum Gasteiger partial charge on any atom is -0.497 e. The molecule has 1 aliphatic rings. The zero-order valence-corrected chi connectivity index (χ0v) is 15.8. The highest BCUT2D eigenvalue weighted by molar-refractivity contribution is 7.99. The molecule has 26 heavy (non-hydrogen) atoms. The van der Waals surface area contributed by atoms with Crippen molar-refractivity contribution in [2.75, 3.05) is 30.9 Å². The fourth-order valence-corrected chi connectivity index (χ4v) is 3.53. The maximum Gasteiger partial charge on any atom is 0.230 e. The van der Waals surface area contributed by atoms with Crippen molar-refractivity contribution in [1.29, 1.82) is 0 Å². The second-order valence-electron chi connectivity index (χ2n) is 6.18. The Morgan fingerprint density at radius 1 is 1.19 bits per heavy atom. The molecule has 1 saturated heterocycles. The van der Waals surface area contributed by atoms with E-state index in [0.717, 1.165) is 35.2 Å². The van der Waals surface area contributed by atoms with Crippen LogP contribution in [0.15, 0.2) is 41.7 Å². The smallest absolute Gasteiger partial charge is 0.230 e. The minimum absolute atomic E-state index is 0.0102. The molecule has 1 aromatic carbocycles. The number of carbonyl (C=O) groups excluding carboxylic acids is 1. The highest BCUT2D eigenvalue weighted by Gasteiger charge is 2.13. The first-order valence-corrected chi connectivity index (χ1v) is 9.82. The van der Waals surface area contributed by atoms with Gasteiger partial charge in [-0.2, -0.15) is 0 Å². The van der Waals surface area contributed by atoms with Crippen LogP contribution in [0.2, 0.25) is 0 Å². The normalized spacial score (nSPS) is 14.1. The topological polar surface area (TPSA) is 67.3 Å². The summed E-state index contributed by atoms with van der Waals surface area (Å²) in [5, 5.41) is 3.76. The van der Waals surface area contributed by atoms with E-state index >= 15 is 0 Å². The van der Waals surface area contributed by atoms with Crippen LogP contribution in [-0.2, 0) is 11.3 Å². The Kier molecular flexibility index (Phi) is 6.71. The highest BCUT2D eigenvalue weighted by atomic mass is 32.2. The van der Waals surface area contributed by atoms with Gasteiger partial charge < -0.3 is 15.0 Å². The lowest BCUT2D eigenvalue weighted by atomic mass is 10.1. The number of rotatable bonds is 7. The Bertz CT molecular complexity index is 718. The fourth-order valence-electron chi connectivity index (χ4n) is 2.84. The first-order chi connectivity index (χ1) is 12.7. The van der Waals surface area contributed by atoms with E-state index < -0.39 is 0 Å². The molecule has 3 rings (SSSR count). The molecule has 0 saturated carbocycles. The molecule has 138 valence electrons. The summed E-state index contributed by atoms with van der Waals surface area (Å²) in [7, 11) is 1.64. The van der Waals surface area contributed by atoms with Crippen LogP contribution in [0, 0.1) is 0 Å². The van der Waals surface area contributed by atoms with E-state index in [0.29, 0.717) is 12.3 Å². The summed E-state index contributed by atoms with van der Waals surface area (Å²) in [6.07, 6.45) is 5.29. The molecule has 6 nitrogen and oxygen atoms in total. The number of carbonyl (C=O) groups is 1. The number of aromatic nitrogens is 2. The SMILES string of the molecule is COc1ccc(CNC(=O)CSc2cc(N3CCCCC3)ncn2)cc1. The lowest BCUT2D eigenvalue weighted by Crippen LogP contribution is -2.30. The number of ether oxygens (including phenoxy) is 1. The lowest BCUT2D eigenvalue weighted by molar-refractivity contribution is -0.118. The summed E-state index contributed by atoms with van der Waals surface area (Å²) in [5.74, 6) is 2.10. The first kappa shape index (κ1) is 18.5. The molecule has 1 fully saturated rings. The Morgan fingerprint density at radius 2 is 1.96 bits per heavy atom. The quantitative estimate of drug-likeness (QED) is 0.595. The number of piperidine rings is 1. The molecule has 1 aliphatic heterocycles. The van der Waals surface area contributed by atoms with Crippen LogP contribution in [0.3, 0.4) is 0 Å². The summed E-state index contributed by atoms with van der Waals surface area (Å²) in [6, 6.07) is 9.65. The van der Waals surface area contributed by atoms with Crippen LogP contribution < -0.4 is 15.0 Å². The summed E-state index contributed by atoms with van der Waals surface area (Å²) in [6.45, 7) is 2.60. The van der Waals surface area contributed by atoms with Crippen LogP contribution in [-0.4, -0.2) is 41.8 Å². The van der Waals surface area contributed by atoms with E-state index in [-0.39, 0.29) is 5.91 Å². The third kappa shape index (κ3) is 5.36.